The zero-order chi connectivity index (χ0) is 31.1. The molecule has 6 nitrogen and oxygen atoms in total. The molecule has 0 saturated carbocycles. The van der Waals surface area contributed by atoms with Gasteiger partial charge in [-0.05, 0) is 109 Å². The number of hydrogen-bond donors (Lipinski definition) is 0. The van der Waals surface area contributed by atoms with Gasteiger partial charge in [0.05, 0.1) is 5.92 Å². The third-order valence-electron chi connectivity index (χ3n) is 9.54. The quantitative estimate of drug-likeness (QED) is 0.370. The third kappa shape index (κ3) is 7.46. The molecule has 2 aromatic carbocycles. The second-order valence-electron chi connectivity index (χ2n) is 14.9. The van der Waals surface area contributed by atoms with Crippen molar-refractivity contribution in [2.45, 2.75) is 103 Å². The number of carbonyl (C=O) groups excluding carboxylic acids is 2. The Morgan fingerprint density at radius 2 is 1.63 bits per heavy atom. The van der Waals surface area contributed by atoms with E-state index in [4.69, 9.17) is 16.3 Å². The minimum atomic E-state index is -0.561. The summed E-state index contributed by atoms with van der Waals surface area (Å²) in [6.45, 7) is 18.0. The molecule has 2 aliphatic heterocycles. The first-order valence-electron chi connectivity index (χ1n) is 16.1. The Balaban J connectivity index is 1.33. The van der Waals surface area contributed by atoms with Crippen LogP contribution in [0.1, 0.15) is 83.1 Å². The topological polar surface area (TPSA) is 53.1 Å². The van der Waals surface area contributed by atoms with Gasteiger partial charge >= 0.3 is 5.97 Å². The minimum absolute atomic E-state index is 0.0132. The van der Waals surface area contributed by atoms with Crippen LogP contribution >= 0.6 is 11.6 Å². The van der Waals surface area contributed by atoms with E-state index in [1.54, 1.807) is 0 Å². The molecular weight excluding hydrogens is 558 g/mol. The van der Waals surface area contributed by atoms with Gasteiger partial charge in [-0.15, -0.1) is 0 Å². The van der Waals surface area contributed by atoms with Crippen molar-refractivity contribution in [3.05, 3.63) is 69.7 Å². The number of rotatable bonds is 6. The Bertz CT molecular complexity index is 1310. The van der Waals surface area contributed by atoms with Gasteiger partial charge in [0, 0.05) is 55.2 Å². The van der Waals surface area contributed by atoms with Crippen molar-refractivity contribution in [1.29, 1.82) is 0 Å². The summed E-state index contributed by atoms with van der Waals surface area (Å²) in [4.78, 5) is 34.7. The summed E-state index contributed by atoms with van der Waals surface area (Å²) < 4.78 is 5.95. The lowest BCUT2D eigenvalue weighted by Gasteiger charge is -2.44. The summed E-state index contributed by atoms with van der Waals surface area (Å²) in [6, 6.07) is 14.3. The fourth-order valence-electron chi connectivity index (χ4n) is 7.17. The van der Waals surface area contributed by atoms with Crippen LogP contribution in [-0.2, 0) is 33.6 Å². The maximum absolute atomic E-state index is 14.3. The number of ether oxygens (including phenoxy) is 1. The second kappa shape index (κ2) is 12.5. The normalized spacial score (nSPS) is 24.2. The van der Waals surface area contributed by atoms with Crippen molar-refractivity contribution in [1.82, 2.24) is 14.7 Å². The predicted molar refractivity (Wildman–Crippen MR) is 174 cm³/mol. The maximum Gasteiger partial charge on any atom is 0.324 e. The van der Waals surface area contributed by atoms with Crippen LogP contribution in [0.2, 0.25) is 5.02 Å². The number of halogens is 1. The summed E-state index contributed by atoms with van der Waals surface area (Å²) in [7, 11) is 0. The largest absolute Gasteiger partial charge is 0.459 e. The number of carbonyl (C=O) groups is 2. The molecule has 2 aromatic rings. The van der Waals surface area contributed by atoms with Crippen LogP contribution in [0, 0.1) is 5.92 Å². The van der Waals surface area contributed by atoms with E-state index in [1.165, 1.54) is 28.7 Å². The highest BCUT2D eigenvalue weighted by atomic mass is 35.5. The smallest absolute Gasteiger partial charge is 0.324 e. The molecule has 234 valence electrons. The van der Waals surface area contributed by atoms with Crippen LogP contribution in [0.3, 0.4) is 0 Å². The lowest BCUT2D eigenvalue weighted by molar-refractivity contribution is -0.163. The van der Waals surface area contributed by atoms with Crippen LogP contribution in [0.15, 0.2) is 42.5 Å². The van der Waals surface area contributed by atoms with Crippen molar-refractivity contribution < 1.29 is 14.3 Å². The van der Waals surface area contributed by atoms with E-state index in [9.17, 15) is 9.59 Å². The minimum Gasteiger partial charge on any atom is -0.459 e. The monoisotopic (exact) mass is 607 g/mol. The fraction of sp³-hybridized carbons (Fsp3) is 0.611. The Hall–Kier alpha value is -2.41. The van der Waals surface area contributed by atoms with Gasteiger partial charge in [0.2, 0.25) is 5.91 Å². The Morgan fingerprint density at radius 1 is 0.930 bits per heavy atom. The molecule has 43 heavy (non-hydrogen) atoms. The van der Waals surface area contributed by atoms with Gasteiger partial charge in [0.15, 0.2) is 0 Å². The molecule has 0 bridgehead atoms. The molecule has 2 fully saturated rings. The van der Waals surface area contributed by atoms with Gasteiger partial charge in [0.25, 0.3) is 0 Å². The average Bonchev–Trinajstić information content (AvgIpc) is 3.58. The number of benzene rings is 2. The molecule has 5 rings (SSSR count). The molecule has 0 spiro atoms. The van der Waals surface area contributed by atoms with Gasteiger partial charge in [0.1, 0.15) is 11.6 Å². The van der Waals surface area contributed by atoms with E-state index >= 15 is 0 Å². The van der Waals surface area contributed by atoms with Crippen LogP contribution < -0.4 is 0 Å². The number of likely N-dealkylation sites (tertiary alicyclic amines) is 1. The Labute approximate surface area is 263 Å². The lowest BCUT2D eigenvalue weighted by Crippen LogP contribution is -2.60. The van der Waals surface area contributed by atoms with E-state index < -0.39 is 5.60 Å². The van der Waals surface area contributed by atoms with E-state index in [0.29, 0.717) is 31.1 Å². The number of esters is 1. The van der Waals surface area contributed by atoms with E-state index in [1.807, 2.05) is 32.9 Å². The number of aryl methyl sites for hydroxylation is 2. The number of amides is 1. The molecule has 1 aliphatic carbocycles. The highest BCUT2D eigenvalue weighted by molar-refractivity contribution is 6.30. The summed E-state index contributed by atoms with van der Waals surface area (Å²) in [6.07, 6.45) is 4.08. The van der Waals surface area contributed by atoms with Crippen molar-refractivity contribution in [2.24, 2.45) is 5.92 Å². The Kier molecular flexibility index (Phi) is 9.33. The highest BCUT2D eigenvalue weighted by Gasteiger charge is 2.45. The first-order chi connectivity index (χ1) is 20.2. The number of hydrogen-bond acceptors (Lipinski definition) is 5. The lowest BCUT2D eigenvalue weighted by atomic mass is 9.87. The average molecular weight is 608 g/mol. The number of nitrogens with zero attached hydrogens (tertiary/aromatic N) is 3. The molecule has 2 heterocycles. The Morgan fingerprint density at radius 3 is 2.28 bits per heavy atom. The van der Waals surface area contributed by atoms with Crippen LogP contribution in [-0.4, -0.2) is 82.5 Å². The van der Waals surface area contributed by atoms with E-state index in [-0.39, 0.29) is 41.3 Å². The summed E-state index contributed by atoms with van der Waals surface area (Å²) >= 11 is 6.21. The molecule has 3 aliphatic rings. The van der Waals surface area contributed by atoms with Crippen molar-refractivity contribution in [3.63, 3.8) is 0 Å². The highest BCUT2D eigenvalue weighted by Crippen LogP contribution is 2.38. The van der Waals surface area contributed by atoms with Crippen LogP contribution in [0.25, 0.3) is 0 Å². The van der Waals surface area contributed by atoms with E-state index in [2.05, 4.69) is 72.7 Å². The van der Waals surface area contributed by atoms with Gasteiger partial charge < -0.3 is 9.64 Å². The molecule has 0 aromatic heterocycles. The first-order valence-corrected chi connectivity index (χ1v) is 16.5. The van der Waals surface area contributed by atoms with Gasteiger partial charge in [-0.1, -0.05) is 41.9 Å². The van der Waals surface area contributed by atoms with E-state index in [0.717, 1.165) is 25.9 Å². The number of piperazine rings is 1. The van der Waals surface area contributed by atoms with Crippen molar-refractivity contribution in [2.75, 3.05) is 32.7 Å². The summed E-state index contributed by atoms with van der Waals surface area (Å²) in [5, 5.41) is 0.710. The molecule has 2 unspecified atom stereocenters. The summed E-state index contributed by atoms with van der Waals surface area (Å²) in [5.74, 6) is 0.0247. The molecule has 2 saturated heterocycles. The predicted octanol–water partition coefficient (Wildman–Crippen LogP) is 6.13. The SMILES string of the molecule is C[C@H]1CN([C@@H](Cc2ccc3c(c2)CCC3)C(=O)OC(C)(C)C)CCN1C(=O)C1CN(C(C)(C)C)CC1c1ccc(Cl)cc1. The van der Waals surface area contributed by atoms with Crippen molar-refractivity contribution in [3.8, 4) is 0 Å². The second-order valence-corrected chi connectivity index (χ2v) is 15.4. The molecular formula is C36H50ClN3O3. The van der Waals surface area contributed by atoms with Gasteiger partial charge in [-0.3, -0.25) is 19.4 Å². The molecule has 1 amide bonds. The number of fused-ring (bicyclic) bond motifs is 1. The molecule has 0 radical (unpaired) electrons. The summed E-state index contributed by atoms with van der Waals surface area (Å²) in [5.41, 5.74) is 4.62. The maximum atomic E-state index is 14.3. The van der Waals surface area contributed by atoms with Gasteiger partial charge in [-0.25, -0.2) is 0 Å². The van der Waals surface area contributed by atoms with Crippen molar-refractivity contribution >= 4 is 23.5 Å². The zero-order valence-corrected chi connectivity index (χ0v) is 27.9. The molecule has 4 atom stereocenters. The fourth-order valence-corrected chi connectivity index (χ4v) is 7.29. The van der Waals surface area contributed by atoms with Gasteiger partial charge in [-0.2, -0.15) is 0 Å². The van der Waals surface area contributed by atoms with Crippen LogP contribution in [0.5, 0.6) is 0 Å². The van der Waals surface area contributed by atoms with Crippen LogP contribution in [0.4, 0.5) is 0 Å². The molecule has 0 N–H and O–H groups in total. The third-order valence-corrected chi connectivity index (χ3v) is 9.79. The standard InChI is InChI=1S/C36H50ClN3O3/c1-24-21-38(32(34(42)43-36(5,6)7)20-25-11-12-26-9-8-10-28(26)19-25)17-18-40(24)33(41)31-23-39(35(2,3)4)22-30(31)27-13-15-29(37)16-14-27/h11-16,19,24,30-32H,8-10,17-18,20-23H2,1-7H3/t24-,30?,31?,32-/m0/s1. The first kappa shape index (κ1) is 32.0. The zero-order valence-electron chi connectivity index (χ0n) is 27.2. The molecule has 7 heteroatoms.